The number of hydrogen-bond acceptors (Lipinski definition) is 7. The monoisotopic (exact) mass is 462 g/mol. The van der Waals surface area contributed by atoms with E-state index in [-0.39, 0.29) is 22.8 Å². The van der Waals surface area contributed by atoms with Gasteiger partial charge in [-0.3, -0.25) is 19.3 Å². The van der Waals surface area contributed by atoms with Crippen LogP contribution in [-0.4, -0.2) is 36.9 Å². The summed E-state index contributed by atoms with van der Waals surface area (Å²) in [6, 6.07) is 13.3. The Morgan fingerprint density at radius 1 is 1.03 bits per heavy atom. The Hall–Kier alpha value is -4.53. The van der Waals surface area contributed by atoms with Gasteiger partial charge in [-0.05, 0) is 54.6 Å². The molecular weight excluding hydrogens is 440 g/mol. The highest BCUT2D eigenvalue weighted by Crippen LogP contribution is 2.43. The van der Waals surface area contributed by atoms with E-state index in [4.69, 9.17) is 13.9 Å². The van der Waals surface area contributed by atoms with Crippen molar-refractivity contribution in [2.75, 3.05) is 24.4 Å². The molecule has 4 rings (SSSR count). The van der Waals surface area contributed by atoms with E-state index in [1.165, 1.54) is 38.4 Å². The zero-order valence-electron chi connectivity index (χ0n) is 18.7. The fraction of sp³-hybridized carbons (Fsp3) is 0.160. The Morgan fingerprint density at radius 2 is 1.74 bits per heavy atom. The number of ether oxygens (including phenoxy) is 2. The number of carbonyl (C=O) groups excluding carboxylic acids is 3. The van der Waals surface area contributed by atoms with E-state index in [0.29, 0.717) is 28.6 Å². The first-order valence-corrected chi connectivity index (χ1v) is 10.3. The number of nitrogens with one attached hydrogen (secondary N) is 1. The Labute approximate surface area is 195 Å². The largest absolute Gasteiger partial charge is 0.507 e. The van der Waals surface area contributed by atoms with E-state index < -0.39 is 17.7 Å². The molecule has 0 spiro atoms. The molecule has 9 heteroatoms. The third kappa shape index (κ3) is 3.99. The molecule has 3 aromatic rings. The van der Waals surface area contributed by atoms with Gasteiger partial charge in [0.15, 0.2) is 11.5 Å². The molecule has 1 fully saturated rings. The summed E-state index contributed by atoms with van der Waals surface area (Å²) < 4.78 is 16.1. The number of aliphatic hydroxyl groups excluding tert-OH is 1. The highest BCUT2D eigenvalue weighted by Gasteiger charge is 2.48. The molecule has 1 atom stereocenters. The number of ketones is 1. The standard InChI is InChI=1S/C25H22N2O7/c1-14(28)26-16-7-9-17(10-8-16)27-22(19-5-4-12-34-19)21(24(30)25(27)31)23(29)15-6-11-18(32-2)20(13-15)33-3/h4-13,22,29H,1-3H3,(H,26,28)/b23-21-. The predicted octanol–water partition coefficient (Wildman–Crippen LogP) is 3.88. The minimum atomic E-state index is -1.00. The van der Waals surface area contributed by atoms with E-state index in [9.17, 15) is 19.5 Å². The van der Waals surface area contributed by atoms with Crippen LogP contribution in [0.5, 0.6) is 11.5 Å². The highest BCUT2D eigenvalue weighted by molar-refractivity contribution is 6.51. The van der Waals surface area contributed by atoms with Crippen LogP contribution in [0.25, 0.3) is 5.76 Å². The Bertz CT molecular complexity index is 1280. The second-order valence-corrected chi connectivity index (χ2v) is 7.48. The molecule has 0 radical (unpaired) electrons. The zero-order valence-corrected chi connectivity index (χ0v) is 18.7. The van der Waals surface area contributed by atoms with E-state index in [2.05, 4.69) is 5.32 Å². The average molecular weight is 462 g/mol. The van der Waals surface area contributed by atoms with E-state index >= 15 is 0 Å². The predicted molar refractivity (Wildman–Crippen MR) is 124 cm³/mol. The van der Waals surface area contributed by atoms with Gasteiger partial charge in [0.05, 0.1) is 26.1 Å². The van der Waals surface area contributed by atoms with Crippen molar-refractivity contribution in [3.63, 3.8) is 0 Å². The lowest BCUT2D eigenvalue weighted by Crippen LogP contribution is -2.29. The second-order valence-electron chi connectivity index (χ2n) is 7.48. The first-order valence-electron chi connectivity index (χ1n) is 10.3. The average Bonchev–Trinajstić information content (AvgIpc) is 3.45. The minimum absolute atomic E-state index is 0.127. The Kier molecular flexibility index (Phi) is 6.09. The smallest absolute Gasteiger partial charge is 0.300 e. The molecule has 2 amide bonds. The van der Waals surface area contributed by atoms with Gasteiger partial charge in [-0.2, -0.15) is 0 Å². The molecule has 34 heavy (non-hydrogen) atoms. The summed E-state index contributed by atoms with van der Waals surface area (Å²) in [5.74, 6) is -1.20. The number of aliphatic hydroxyl groups is 1. The van der Waals surface area contributed by atoms with E-state index in [0.717, 1.165) is 0 Å². The molecule has 2 aromatic carbocycles. The van der Waals surface area contributed by atoms with Gasteiger partial charge in [-0.1, -0.05) is 0 Å². The van der Waals surface area contributed by atoms with E-state index in [1.807, 2.05) is 0 Å². The van der Waals surface area contributed by atoms with Crippen molar-refractivity contribution in [3.05, 3.63) is 77.8 Å². The minimum Gasteiger partial charge on any atom is -0.507 e. The molecule has 1 aliphatic rings. The third-order valence-electron chi connectivity index (χ3n) is 5.38. The maximum atomic E-state index is 13.1. The van der Waals surface area contributed by atoms with Gasteiger partial charge in [0.1, 0.15) is 17.6 Å². The van der Waals surface area contributed by atoms with Crippen LogP contribution in [0.15, 0.2) is 70.9 Å². The topological polar surface area (TPSA) is 118 Å². The number of Topliss-reactive ketones (excluding diaryl/α,β-unsaturated/α-hetero) is 1. The van der Waals surface area contributed by atoms with E-state index in [1.54, 1.807) is 48.5 Å². The van der Waals surface area contributed by atoms with Crippen molar-refractivity contribution in [1.82, 2.24) is 0 Å². The summed E-state index contributed by atoms with van der Waals surface area (Å²) in [5, 5.41) is 13.8. The number of furan rings is 1. The lowest BCUT2D eigenvalue weighted by molar-refractivity contribution is -0.132. The molecule has 0 bridgehead atoms. The third-order valence-corrected chi connectivity index (χ3v) is 5.38. The van der Waals surface area contributed by atoms with Crippen molar-refractivity contribution in [3.8, 4) is 11.5 Å². The van der Waals surface area contributed by atoms with Crippen molar-refractivity contribution >= 4 is 34.7 Å². The molecule has 2 heterocycles. The fourth-order valence-electron chi connectivity index (χ4n) is 3.86. The summed E-state index contributed by atoms with van der Waals surface area (Å²) in [6.07, 6.45) is 1.42. The molecule has 1 unspecified atom stereocenters. The summed E-state index contributed by atoms with van der Waals surface area (Å²) in [7, 11) is 2.94. The van der Waals surface area contributed by atoms with Crippen LogP contribution >= 0.6 is 0 Å². The lowest BCUT2D eigenvalue weighted by atomic mass is 9.99. The van der Waals surface area contributed by atoms with Crippen LogP contribution in [0, 0.1) is 0 Å². The lowest BCUT2D eigenvalue weighted by Gasteiger charge is -2.23. The number of methoxy groups -OCH3 is 2. The number of anilines is 2. The molecule has 2 N–H and O–H groups in total. The van der Waals surface area contributed by atoms with Gasteiger partial charge in [0.25, 0.3) is 11.7 Å². The van der Waals surface area contributed by atoms with Crippen LogP contribution < -0.4 is 19.7 Å². The van der Waals surface area contributed by atoms with Gasteiger partial charge >= 0.3 is 0 Å². The molecule has 9 nitrogen and oxygen atoms in total. The maximum absolute atomic E-state index is 13.1. The number of nitrogens with zero attached hydrogens (tertiary/aromatic N) is 1. The van der Waals surface area contributed by atoms with Crippen LogP contribution in [0.2, 0.25) is 0 Å². The quantitative estimate of drug-likeness (QED) is 0.324. The van der Waals surface area contributed by atoms with Gasteiger partial charge in [0, 0.05) is 23.9 Å². The van der Waals surface area contributed by atoms with Crippen molar-refractivity contribution in [1.29, 1.82) is 0 Å². The summed E-state index contributed by atoms with van der Waals surface area (Å²) in [4.78, 5) is 38.8. The van der Waals surface area contributed by atoms with Crippen molar-refractivity contribution < 1.29 is 33.4 Å². The molecular formula is C25H22N2O7. The van der Waals surface area contributed by atoms with Crippen LogP contribution in [0.3, 0.4) is 0 Å². The molecule has 1 saturated heterocycles. The Balaban J connectivity index is 1.84. The Morgan fingerprint density at radius 3 is 2.32 bits per heavy atom. The zero-order chi connectivity index (χ0) is 24.4. The van der Waals surface area contributed by atoms with Gasteiger partial charge in [-0.15, -0.1) is 0 Å². The van der Waals surface area contributed by atoms with Crippen LogP contribution in [0.4, 0.5) is 11.4 Å². The first-order chi connectivity index (χ1) is 16.3. The molecule has 1 aliphatic heterocycles. The summed E-state index contributed by atoms with van der Waals surface area (Å²) in [5.41, 5.74) is 1.07. The fourth-order valence-corrected chi connectivity index (χ4v) is 3.86. The molecule has 1 aromatic heterocycles. The van der Waals surface area contributed by atoms with Crippen LogP contribution in [-0.2, 0) is 14.4 Å². The molecule has 0 aliphatic carbocycles. The number of carbonyl (C=O) groups is 3. The first kappa shape index (κ1) is 22.7. The van der Waals surface area contributed by atoms with Crippen molar-refractivity contribution in [2.24, 2.45) is 0 Å². The second kappa shape index (κ2) is 9.14. The normalized spacial score (nSPS) is 17.0. The molecule has 174 valence electrons. The van der Waals surface area contributed by atoms with Crippen LogP contribution in [0.1, 0.15) is 24.3 Å². The maximum Gasteiger partial charge on any atom is 0.300 e. The van der Waals surface area contributed by atoms with Gasteiger partial charge in [0.2, 0.25) is 5.91 Å². The SMILES string of the molecule is COc1ccc(/C(O)=C2/C(=O)C(=O)N(c3ccc(NC(C)=O)cc3)C2c2ccco2)cc1OC. The van der Waals surface area contributed by atoms with Gasteiger partial charge < -0.3 is 24.3 Å². The molecule has 0 saturated carbocycles. The van der Waals surface area contributed by atoms with Crippen molar-refractivity contribution in [2.45, 2.75) is 13.0 Å². The summed E-state index contributed by atoms with van der Waals surface area (Å²) >= 11 is 0. The number of benzene rings is 2. The number of amides is 2. The number of hydrogen-bond donors (Lipinski definition) is 2. The van der Waals surface area contributed by atoms with Gasteiger partial charge in [-0.25, -0.2) is 0 Å². The highest BCUT2D eigenvalue weighted by atomic mass is 16.5. The summed E-state index contributed by atoms with van der Waals surface area (Å²) in [6.45, 7) is 1.39. The number of rotatable bonds is 6.